The van der Waals surface area contributed by atoms with Crippen molar-refractivity contribution >= 4 is 40.4 Å². The summed E-state index contributed by atoms with van der Waals surface area (Å²) in [6, 6.07) is 14.0. The summed E-state index contributed by atoms with van der Waals surface area (Å²) >= 11 is 6.98. The number of amides is 2. The molecule has 0 saturated carbocycles. The van der Waals surface area contributed by atoms with Gasteiger partial charge in [-0.15, -0.1) is 11.3 Å². The Hall–Kier alpha value is -2.94. The number of benzene rings is 1. The van der Waals surface area contributed by atoms with E-state index in [0.29, 0.717) is 20.6 Å². The van der Waals surface area contributed by atoms with E-state index in [2.05, 4.69) is 10.6 Å². The normalized spacial score (nSPS) is 11.7. The molecular weight excluding hydrogens is 414 g/mol. The highest BCUT2D eigenvalue weighted by molar-refractivity contribution is 7.18. The third-order valence-electron chi connectivity index (χ3n) is 3.99. The molecule has 2 N–H and O–H groups in total. The van der Waals surface area contributed by atoms with Crippen LogP contribution in [0.25, 0.3) is 5.69 Å². The molecule has 2 amide bonds. The number of nitrogens with one attached hydrogen (secondary N) is 2. The molecule has 3 aromatic rings. The SMILES string of the molecule is COC[C@@H](NC(=O)c1ccc(Cl)s1)C(=O)Nc1ccc(-n2ccccc2=O)cc1. The van der Waals surface area contributed by atoms with Crippen LogP contribution in [-0.4, -0.2) is 36.1 Å². The molecule has 2 heterocycles. The van der Waals surface area contributed by atoms with Gasteiger partial charge in [0, 0.05) is 30.7 Å². The van der Waals surface area contributed by atoms with Gasteiger partial charge in [0.2, 0.25) is 5.91 Å². The summed E-state index contributed by atoms with van der Waals surface area (Å²) < 4.78 is 7.04. The maximum Gasteiger partial charge on any atom is 0.262 e. The minimum atomic E-state index is -0.884. The number of pyridine rings is 1. The molecular formula is C20H18ClN3O4S. The van der Waals surface area contributed by atoms with Crippen LogP contribution in [0.2, 0.25) is 4.34 Å². The van der Waals surface area contributed by atoms with Crippen molar-refractivity contribution in [1.82, 2.24) is 9.88 Å². The number of nitrogens with zero attached hydrogens (tertiary/aromatic N) is 1. The van der Waals surface area contributed by atoms with Crippen LogP contribution in [0.1, 0.15) is 9.67 Å². The van der Waals surface area contributed by atoms with Gasteiger partial charge in [-0.25, -0.2) is 0 Å². The number of anilines is 1. The molecule has 1 atom stereocenters. The van der Waals surface area contributed by atoms with Crippen LogP contribution >= 0.6 is 22.9 Å². The molecule has 0 saturated heterocycles. The highest BCUT2D eigenvalue weighted by atomic mass is 35.5. The molecule has 2 aromatic heterocycles. The Bertz CT molecular complexity index is 1060. The predicted molar refractivity (Wildman–Crippen MR) is 113 cm³/mol. The molecule has 7 nitrogen and oxygen atoms in total. The lowest BCUT2D eigenvalue weighted by atomic mass is 10.2. The Labute approximate surface area is 175 Å². The fraction of sp³-hybridized carbons (Fsp3) is 0.150. The molecule has 9 heteroatoms. The Morgan fingerprint density at radius 2 is 1.90 bits per heavy atom. The predicted octanol–water partition coefficient (Wildman–Crippen LogP) is 2.94. The Morgan fingerprint density at radius 3 is 2.52 bits per heavy atom. The van der Waals surface area contributed by atoms with Crippen molar-refractivity contribution in [2.45, 2.75) is 6.04 Å². The molecule has 150 valence electrons. The molecule has 0 aliphatic carbocycles. The minimum Gasteiger partial charge on any atom is -0.382 e. The maximum atomic E-state index is 12.6. The summed E-state index contributed by atoms with van der Waals surface area (Å²) in [5.41, 5.74) is 1.04. The first kappa shape index (κ1) is 20.8. The number of ether oxygens (including phenoxy) is 1. The molecule has 0 unspecified atom stereocenters. The number of carbonyl (C=O) groups is 2. The number of thiophene rings is 1. The third kappa shape index (κ3) is 5.32. The molecule has 1 aromatic carbocycles. The van der Waals surface area contributed by atoms with E-state index in [0.717, 1.165) is 11.3 Å². The highest BCUT2D eigenvalue weighted by Gasteiger charge is 2.22. The topological polar surface area (TPSA) is 89.4 Å². The Kier molecular flexibility index (Phi) is 6.82. The number of hydrogen-bond acceptors (Lipinski definition) is 5. The lowest BCUT2D eigenvalue weighted by Crippen LogP contribution is -2.46. The Balaban J connectivity index is 1.68. The number of carbonyl (C=O) groups excluding carboxylic acids is 2. The molecule has 0 spiro atoms. The van der Waals surface area contributed by atoms with Crippen molar-refractivity contribution < 1.29 is 14.3 Å². The average Bonchev–Trinajstić information content (AvgIpc) is 3.15. The summed E-state index contributed by atoms with van der Waals surface area (Å²) in [5.74, 6) is -0.828. The van der Waals surface area contributed by atoms with E-state index in [1.54, 1.807) is 54.7 Å². The first-order valence-corrected chi connectivity index (χ1v) is 9.81. The summed E-state index contributed by atoms with van der Waals surface area (Å²) in [6.07, 6.45) is 1.66. The van der Waals surface area contributed by atoms with Gasteiger partial charge in [0.25, 0.3) is 11.5 Å². The van der Waals surface area contributed by atoms with Crippen LogP contribution in [0.4, 0.5) is 5.69 Å². The largest absolute Gasteiger partial charge is 0.382 e. The molecule has 0 radical (unpaired) electrons. The van der Waals surface area contributed by atoms with Gasteiger partial charge in [-0.1, -0.05) is 17.7 Å². The molecule has 29 heavy (non-hydrogen) atoms. The van der Waals surface area contributed by atoms with E-state index < -0.39 is 17.9 Å². The quantitative estimate of drug-likeness (QED) is 0.602. The lowest BCUT2D eigenvalue weighted by molar-refractivity contribution is -0.119. The van der Waals surface area contributed by atoms with Crippen molar-refractivity contribution in [3.8, 4) is 5.69 Å². The van der Waals surface area contributed by atoms with Crippen molar-refractivity contribution in [3.63, 3.8) is 0 Å². The molecule has 0 bridgehead atoms. The second kappa shape index (κ2) is 9.51. The molecule has 0 aliphatic rings. The summed E-state index contributed by atoms with van der Waals surface area (Å²) in [4.78, 5) is 37.2. The number of rotatable bonds is 7. The van der Waals surface area contributed by atoms with Crippen LogP contribution in [0.5, 0.6) is 0 Å². The number of methoxy groups -OCH3 is 1. The van der Waals surface area contributed by atoms with Crippen molar-refractivity contribution in [1.29, 1.82) is 0 Å². The van der Waals surface area contributed by atoms with Crippen LogP contribution in [0.15, 0.2) is 65.6 Å². The fourth-order valence-corrected chi connectivity index (χ4v) is 3.54. The smallest absolute Gasteiger partial charge is 0.262 e. The fourth-order valence-electron chi connectivity index (χ4n) is 2.59. The highest BCUT2D eigenvalue weighted by Crippen LogP contribution is 2.21. The zero-order chi connectivity index (χ0) is 20.8. The van der Waals surface area contributed by atoms with Gasteiger partial charge in [0.05, 0.1) is 15.8 Å². The van der Waals surface area contributed by atoms with Gasteiger partial charge in [-0.2, -0.15) is 0 Å². The number of halogens is 1. The number of aromatic nitrogens is 1. The lowest BCUT2D eigenvalue weighted by Gasteiger charge is -2.17. The van der Waals surface area contributed by atoms with E-state index in [9.17, 15) is 14.4 Å². The average molecular weight is 432 g/mol. The van der Waals surface area contributed by atoms with E-state index >= 15 is 0 Å². The second-order valence-corrected chi connectivity index (χ2v) is 7.75. The summed E-state index contributed by atoms with van der Waals surface area (Å²) in [6.45, 7) is 0.00811. The zero-order valence-corrected chi connectivity index (χ0v) is 17.0. The second-order valence-electron chi connectivity index (χ2n) is 6.03. The van der Waals surface area contributed by atoms with Crippen LogP contribution in [-0.2, 0) is 9.53 Å². The first-order chi connectivity index (χ1) is 14.0. The van der Waals surface area contributed by atoms with E-state index in [1.165, 1.54) is 17.7 Å². The van der Waals surface area contributed by atoms with E-state index in [4.69, 9.17) is 16.3 Å². The molecule has 0 aliphatic heterocycles. The van der Waals surface area contributed by atoms with Crippen molar-refractivity contribution in [3.05, 3.63) is 80.4 Å². The maximum absolute atomic E-state index is 12.6. The van der Waals surface area contributed by atoms with Gasteiger partial charge in [0.15, 0.2) is 0 Å². The van der Waals surface area contributed by atoms with Crippen LogP contribution in [0.3, 0.4) is 0 Å². The summed E-state index contributed by atoms with van der Waals surface area (Å²) in [7, 11) is 1.45. The van der Waals surface area contributed by atoms with Gasteiger partial charge >= 0.3 is 0 Å². The van der Waals surface area contributed by atoms with Crippen LogP contribution in [0, 0.1) is 0 Å². The monoisotopic (exact) mass is 431 g/mol. The first-order valence-electron chi connectivity index (χ1n) is 8.62. The van der Waals surface area contributed by atoms with Crippen molar-refractivity contribution in [2.24, 2.45) is 0 Å². The van der Waals surface area contributed by atoms with Gasteiger partial charge in [0.1, 0.15) is 6.04 Å². The molecule has 0 fully saturated rings. The molecule has 3 rings (SSSR count). The van der Waals surface area contributed by atoms with Gasteiger partial charge in [-0.3, -0.25) is 19.0 Å². The van der Waals surface area contributed by atoms with Gasteiger partial charge in [-0.05, 0) is 42.5 Å². The number of hydrogen-bond donors (Lipinski definition) is 2. The minimum absolute atomic E-state index is 0.00811. The van der Waals surface area contributed by atoms with Crippen molar-refractivity contribution in [2.75, 3.05) is 19.0 Å². The van der Waals surface area contributed by atoms with Crippen LogP contribution < -0.4 is 16.2 Å². The third-order valence-corrected chi connectivity index (χ3v) is 5.22. The van der Waals surface area contributed by atoms with E-state index in [1.807, 2.05) is 0 Å². The summed E-state index contributed by atoms with van der Waals surface area (Å²) in [5, 5.41) is 5.38. The Morgan fingerprint density at radius 1 is 1.14 bits per heavy atom. The van der Waals surface area contributed by atoms with Gasteiger partial charge < -0.3 is 15.4 Å². The standard InChI is InChI=1S/C20H18ClN3O4S/c1-28-12-15(23-20(27)16-9-10-17(21)29-16)19(26)22-13-5-7-14(8-6-13)24-11-3-2-4-18(24)25/h2-11,15H,12H2,1H3,(H,22,26)(H,23,27)/t15-/m1/s1. The van der Waals surface area contributed by atoms with E-state index in [-0.39, 0.29) is 12.2 Å². The zero-order valence-electron chi connectivity index (χ0n) is 15.4.